The first-order valence-electron chi connectivity index (χ1n) is 5.43. The summed E-state index contributed by atoms with van der Waals surface area (Å²) in [5.41, 5.74) is 1.02. The molecule has 1 aromatic rings. The van der Waals surface area contributed by atoms with E-state index >= 15 is 0 Å². The SMILES string of the molecule is CC(C)N(C(=O)CCl)c1cccc(NC(=O)O)c1. The van der Waals surface area contributed by atoms with Crippen LogP contribution in [0.25, 0.3) is 0 Å². The lowest BCUT2D eigenvalue weighted by molar-refractivity contribution is -0.116. The van der Waals surface area contributed by atoms with Gasteiger partial charge in [0.25, 0.3) is 0 Å². The zero-order valence-corrected chi connectivity index (χ0v) is 10.9. The quantitative estimate of drug-likeness (QED) is 0.827. The summed E-state index contributed by atoms with van der Waals surface area (Å²) in [6, 6.07) is 6.56. The van der Waals surface area contributed by atoms with Gasteiger partial charge in [-0.05, 0) is 32.0 Å². The van der Waals surface area contributed by atoms with Crippen LogP contribution < -0.4 is 10.2 Å². The van der Waals surface area contributed by atoms with Crippen LogP contribution in [0.1, 0.15) is 13.8 Å². The van der Waals surface area contributed by atoms with Crippen molar-refractivity contribution in [1.29, 1.82) is 0 Å². The summed E-state index contributed by atoms with van der Waals surface area (Å²) >= 11 is 5.56. The van der Waals surface area contributed by atoms with Crippen LogP contribution in [0.15, 0.2) is 24.3 Å². The Morgan fingerprint density at radius 3 is 2.61 bits per heavy atom. The van der Waals surface area contributed by atoms with Crippen molar-refractivity contribution in [2.24, 2.45) is 0 Å². The van der Waals surface area contributed by atoms with Crippen LogP contribution in [-0.4, -0.2) is 29.0 Å². The standard InChI is InChI=1S/C12H15ClN2O3/c1-8(2)15(11(16)7-13)10-5-3-4-9(6-10)14-12(17)18/h3-6,8,14H,7H2,1-2H3,(H,17,18). The zero-order chi connectivity index (χ0) is 13.7. The third kappa shape index (κ3) is 3.63. The van der Waals surface area contributed by atoms with E-state index in [1.807, 2.05) is 13.8 Å². The fourth-order valence-corrected chi connectivity index (χ4v) is 1.78. The van der Waals surface area contributed by atoms with Crippen LogP contribution in [0.4, 0.5) is 16.2 Å². The molecule has 0 saturated heterocycles. The molecule has 0 radical (unpaired) electrons. The number of carboxylic acid groups (broad SMARTS) is 1. The second-order valence-electron chi connectivity index (χ2n) is 3.97. The van der Waals surface area contributed by atoms with Gasteiger partial charge in [0.1, 0.15) is 5.88 Å². The summed E-state index contributed by atoms with van der Waals surface area (Å²) in [6.45, 7) is 3.73. The first-order valence-corrected chi connectivity index (χ1v) is 5.97. The highest BCUT2D eigenvalue weighted by Crippen LogP contribution is 2.22. The fourth-order valence-electron chi connectivity index (χ4n) is 1.65. The Kier molecular flexibility index (Phi) is 4.97. The number of hydrogen-bond donors (Lipinski definition) is 2. The number of nitrogens with zero attached hydrogens (tertiary/aromatic N) is 1. The van der Waals surface area contributed by atoms with Crippen molar-refractivity contribution in [1.82, 2.24) is 0 Å². The van der Waals surface area contributed by atoms with E-state index in [4.69, 9.17) is 16.7 Å². The molecule has 0 unspecified atom stereocenters. The van der Waals surface area contributed by atoms with Gasteiger partial charge in [-0.15, -0.1) is 11.6 Å². The minimum Gasteiger partial charge on any atom is -0.465 e. The molecule has 0 saturated carbocycles. The van der Waals surface area contributed by atoms with Crippen LogP contribution in [0.5, 0.6) is 0 Å². The first-order chi connectivity index (χ1) is 8.45. The fraction of sp³-hybridized carbons (Fsp3) is 0.333. The zero-order valence-electron chi connectivity index (χ0n) is 10.2. The highest BCUT2D eigenvalue weighted by atomic mass is 35.5. The van der Waals surface area contributed by atoms with Gasteiger partial charge < -0.3 is 10.0 Å². The van der Waals surface area contributed by atoms with Crippen LogP contribution in [0.3, 0.4) is 0 Å². The molecule has 5 nitrogen and oxygen atoms in total. The van der Waals surface area contributed by atoms with Crippen LogP contribution >= 0.6 is 11.6 Å². The van der Waals surface area contributed by atoms with E-state index < -0.39 is 6.09 Å². The normalized spacial score (nSPS) is 10.2. The summed E-state index contributed by atoms with van der Waals surface area (Å²) in [5.74, 6) is -0.339. The molecule has 1 rings (SSSR count). The summed E-state index contributed by atoms with van der Waals surface area (Å²) in [5, 5.41) is 10.9. The highest BCUT2D eigenvalue weighted by molar-refractivity contribution is 6.29. The largest absolute Gasteiger partial charge is 0.465 e. The van der Waals surface area contributed by atoms with Crippen molar-refractivity contribution >= 4 is 35.0 Å². The number of carbonyl (C=O) groups excluding carboxylic acids is 1. The van der Waals surface area contributed by atoms with Crippen molar-refractivity contribution in [3.63, 3.8) is 0 Å². The van der Waals surface area contributed by atoms with E-state index in [0.717, 1.165) is 0 Å². The monoisotopic (exact) mass is 270 g/mol. The van der Waals surface area contributed by atoms with E-state index in [1.165, 1.54) is 4.90 Å². The molecule has 0 bridgehead atoms. The van der Waals surface area contributed by atoms with Crippen molar-refractivity contribution in [2.45, 2.75) is 19.9 Å². The predicted molar refractivity (Wildman–Crippen MR) is 71.4 cm³/mol. The van der Waals surface area contributed by atoms with Crippen molar-refractivity contribution in [2.75, 3.05) is 16.1 Å². The van der Waals surface area contributed by atoms with Gasteiger partial charge in [0, 0.05) is 17.4 Å². The lowest BCUT2D eigenvalue weighted by Gasteiger charge is -2.26. The molecular weight excluding hydrogens is 256 g/mol. The van der Waals surface area contributed by atoms with Gasteiger partial charge in [0.2, 0.25) is 5.91 Å². The smallest absolute Gasteiger partial charge is 0.409 e. The van der Waals surface area contributed by atoms with Crippen molar-refractivity contribution < 1.29 is 14.7 Å². The Morgan fingerprint density at radius 2 is 2.11 bits per heavy atom. The van der Waals surface area contributed by atoms with E-state index in [-0.39, 0.29) is 17.8 Å². The lowest BCUT2D eigenvalue weighted by Crippen LogP contribution is -2.37. The Balaban J connectivity index is 3.05. The van der Waals surface area contributed by atoms with Gasteiger partial charge in [-0.1, -0.05) is 6.07 Å². The Morgan fingerprint density at radius 1 is 1.44 bits per heavy atom. The maximum atomic E-state index is 11.7. The summed E-state index contributed by atoms with van der Waals surface area (Å²) in [6.07, 6.45) is -1.15. The van der Waals surface area contributed by atoms with Gasteiger partial charge >= 0.3 is 6.09 Å². The second-order valence-corrected chi connectivity index (χ2v) is 4.24. The predicted octanol–water partition coefficient (Wildman–Crippen LogP) is 2.76. The highest BCUT2D eigenvalue weighted by Gasteiger charge is 2.18. The van der Waals surface area contributed by atoms with Crippen LogP contribution in [0.2, 0.25) is 0 Å². The van der Waals surface area contributed by atoms with E-state index in [0.29, 0.717) is 11.4 Å². The van der Waals surface area contributed by atoms with Crippen molar-refractivity contribution in [3.8, 4) is 0 Å². The molecule has 0 aliphatic rings. The lowest BCUT2D eigenvalue weighted by atomic mass is 10.2. The minimum atomic E-state index is -1.15. The van der Waals surface area contributed by atoms with Gasteiger partial charge in [-0.3, -0.25) is 10.1 Å². The number of rotatable bonds is 4. The summed E-state index contributed by atoms with van der Waals surface area (Å²) in [4.78, 5) is 23.8. The molecule has 18 heavy (non-hydrogen) atoms. The Labute approximate surface area is 110 Å². The third-order valence-electron chi connectivity index (χ3n) is 2.28. The number of benzene rings is 1. The molecule has 0 aliphatic carbocycles. The summed E-state index contributed by atoms with van der Waals surface area (Å²) in [7, 11) is 0. The van der Waals surface area contributed by atoms with Crippen LogP contribution in [0, 0.1) is 0 Å². The van der Waals surface area contributed by atoms with Crippen molar-refractivity contribution in [3.05, 3.63) is 24.3 Å². The molecule has 6 heteroatoms. The number of amides is 2. The second kappa shape index (κ2) is 6.26. The number of hydrogen-bond acceptors (Lipinski definition) is 2. The van der Waals surface area contributed by atoms with Gasteiger partial charge in [-0.25, -0.2) is 4.79 Å². The van der Waals surface area contributed by atoms with Gasteiger partial charge in [0.15, 0.2) is 0 Å². The molecule has 0 heterocycles. The van der Waals surface area contributed by atoms with E-state index in [9.17, 15) is 9.59 Å². The van der Waals surface area contributed by atoms with Crippen LogP contribution in [-0.2, 0) is 4.79 Å². The third-order valence-corrected chi connectivity index (χ3v) is 2.50. The van der Waals surface area contributed by atoms with E-state index in [1.54, 1.807) is 24.3 Å². The average molecular weight is 271 g/mol. The topological polar surface area (TPSA) is 69.6 Å². The maximum absolute atomic E-state index is 11.7. The Bertz CT molecular complexity index is 449. The average Bonchev–Trinajstić information content (AvgIpc) is 2.28. The number of anilines is 2. The van der Waals surface area contributed by atoms with Gasteiger partial charge in [0.05, 0.1) is 0 Å². The number of alkyl halides is 1. The van der Waals surface area contributed by atoms with Gasteiger partial charge in [-0.2, -0.15) is 0 Å². The molecule has 2 N–H and O–H groups in total. The number of nitrogens with one attached hydrogen (secondary N) is 1. The van der Waals surface area contributed by atoms with E-state index in [2.05, 4.69) is 5.32 Å². The molecule has 1 aromatic carbocycles. The summed E-state index contributed by atoms with van der Waals surface area (Å²) < 4.78 is 0. The molecule has 0 atom stereocenters. The molecule has 0 fully saturated rings. The molecule has 0 aliphatic heterocycles. The first kappa shape index (κ1) is 14.3. The number of carbonyl (C=O) groups is 2. The molecule has 2 amide bonds. The number of halogens is 1. The Hall–Kier alpha value is -1.75. The minimum absolute atomic E-state index is 0.0590. The molecule has 0 aromatic heterocycles. The maximum Gasteiger partial charge on any atom is 0.409 e. The molecule has 98 valence electrons. The molecular formula is C12H15ClN2O3. The molecule has 0 spiro atoms.